The van der Waals surface area contributed by atoms with Crippen molar-refractivity contribution in [2.75, 3.05) is 24.3 Å². The van der Waals surface area contributed by atoms with E-state index in [0.29, 0.717) is 29.6 Å². The van der Waals surface area contributed by atoms with Crippen LogP contribution in [0.1, 0.15) is 16.1 Å². The Morgan fingerprint density at radius 3 is 2.64 bits per heavy atom. The smallest absolute Gasteiger partial charge is 0.274 e. The van der Waals surface area contributed by atoms with Gasteiger partial charge < -0.3 is 15.4 Å². The predicted molar refractivity (Wildman–Crippen MR) is 112 cm³/mol. The van der Waals surface area contributed by atoms with Crippen LogP contribution in [0, 0.1) is 6.92 Å². The predicted octanol–water partition coefficient (Wildman–Crippen LogP) is 4.31. The number of hydrogen-bond acceptors (Lipinski definition) is 5. The van der Waals surface area contributed by atoms with Crippen molar-refractivity contribution < 1.29 is 9.53 Å². The molecule has 1 aromatic heterocycles. The van der Waals surface area contributed by atoms with Gasteiger partial charge >= 0.3 is 0 Å². The minimum atomic E-state index is -0.342. The number of ether oxygens (including phenoxy) is 1. The molecule has 0 spiro atoms. The van der Waals surface area contributed by atoms with Gasteiger partial charge in [0.15, 0.2) is 5.82 Å². The van der Waals surface area contributed by atoms with Crippen LogP contribution in [0.15, 0.2) is 67.3 Å². The summed E-state index contributed by atoms with van der Waals surface area (Å²) in [7, 11) is 1.57. The fourth-order valence-electron chi connectivity index (χ4n) is 2.65. The summed E-state index contributed by atoms with van der Waals surface area (Å²) in [5.74, 6) is 1.26. The van der Waals surface area contributed by atoms with Gasteiger partial charge in [-0.25, -0.2) is 9.97 Å². The van der Waals surface area contributed by atoms with Gasteiger partial charge in [0.2, 0.25) is 0 Å². The van der Waals surface area contributed by atoms with Crippen molar-refractivity contribution in [1.29, 1.82) is 0 Å². The molecule has 0 saturated heterocycles. The number of nitrogens with one attached hydrogen (secondary N) is 2. The SMILES string of the molecule is C=CCNc1cc(C(=O)Nc2cc(C)ccc2OC)nc(-c2ccccc2)n1. The summed E-state index contributed by atoms with van der Waals surface area (Å²) in [6.07, 6.45) is 1.72. The normalized spacial score (nSPS) is 10.2. The monoisotopic (exact) mass is 374 g/mol. The lowest BCUT2D eigenvalue weighted by Crippen LogP contribution is -2.16. The Morgan fingerprint density at radius 2 is 1.93 bits per heavy atom. The molecular formula is C22H22N4O2. The highest BCUT2D eigenvalue weighted by atomic mass is 16.5. The first-order valence-electron chi connectivity index (χ1n) is 8.86. The molecule has 3 aromatic rings. The molecule has 2 N–H and O–H groups in total. The minimum Gasteiger partial charge on any atom is -0.495 e. The Labute approximate surface area is 164 Å². The molecule has 0 aliphatic rings. The van der Waals surface area contributed by atoms with Gasteiger partial charge in [0.1, 0.15) is 17.3 Å². The summed E-state index contributed by atoms with van der Waals surface area (Å²) in [5.41, 5.74) is 2.68. The molecule has 6 heteroatoms. The van der Waals surface area contributed by atoms with Crippen molar-refractivity contribution in [1.82, 2.24) is 9.97 Å². The average molecular weight is 374 g/mol. The second-order valence-electron chi connectivity index (χ2n) is 6.16. The topological polar surface area (TPSA) is 76.1 Å². The first kappa shape index (κ1) is 19.1. The summed E-state index contributed by atoms with van der Waals surface area (Å²) in [4.78, 5) is 21.9. The number of benzene rings is 2. The van der Waals surface area contributed by atoms with Crippen LogP contribution in [0.3, 0.4) is 0 Å². The number of aryl methyl sites for hydroxylation is 1. The molecule has 0 saturated carbocycles. The van der Waals surface area contributed by atoms with Crippen LogP contribution in [0.5, 0.6) is 5.75 Å². The van der Waals surface area contributed by atoms with Gasteiger partial charge in [-0.1, -0.05) is 42.5 Å². The summed E-state index contributed by atoms with van der Waals surface area (Å²) in [6.45, 7) is 6.17. The van der Waals surface area contributed by atoms with E-state index >= 15 is 0 Å². The Hall–Kier alpha value is -3.67. The molecule has 28 heavy (non-hydrogen) atoms. The number of nitrogens with zero attached hydrogens (tertiary/aromatic N) is 2. The third-order valence-electron chi connectivity index (χ3n) is 4.02. The van der Waals surface area contributed by atoms with Crippen molar-refractivity contribution >= 4 is 17.4 Å². The Morgan fingerprint density at radius 1 is 1.14 bits per heavy atom. The zero-order valence-corrected chi connectivity index (χ0v) is 15.9. The molecule has 1 heterocycles. The standard InChI is InChI=1S/C22H22N4O2/c1-4-12-23-20-14-18(24-21(26-20)16-8-6-5-7-9-16)22(27)25-17-13-15(2)10-11-19(17)28-3/h4-11,13-14H,1,12H2,2-3H3,(H,25,27)(H,23,24,26). The van der Waals surface area contributed by atoms with Gasteiger partial charge in [0.05, 0.1) is 12.8 Å². The average Bonchev–Trinajstić information content (AvgIpc) is 2.73. The third-order valence-corrected chi connectivity index (χ3v) is 4.02. The molecule has 0 radical (unpaired) electrons. The Balaban J connectivity index is 1.96. The van der Waals surface area contributed by atoms with Gasteiger partial charge in [-0.3, -0.25) is 4.79 Å². The van der Waals surface area contributed by atoms with E-state index in [9.17, 15) is 4.79 Å². The van der Waals surface area contributed by atoms with E-state index in [1.807, 2.05) is 55.5 Å². The number of hydrogen-bond donors (Lipinski definition) is 2. The van der Waals surface area contributed by atoms with E-state index in [0.717, 1.165) is 11.1 Å². The van der Waals surface area contributed by atoms with Gasteiger partial charge in [0.25, 0.3) is 5.91 Å². The molecule has 1 amide bonds. The highest BCUT2D eigenvalue weighted by molar-refractivity contribution is 6.04. The maximum Gasteiger partial charge on any atom is 0.274 e. The van der Waals surface area contributed by atoms with Gasteiger partial charge in [-0.2, -0.15) is 0 Å². The number of amides is 1. The molecule has 0 unspecified atom stereocenters. The third kappa shape index (κ3) is 4.54. The number of carbonyl (C=O) groups excluding carboxylic acids is 1. The summed E-state index contributed by atoms with van der Waals surface area (Å²) in [5, 5.41) is 6.00. The van der Waals surface area contributed by atoms with Gasteiger partial charge in [0, 0.05) is 18.2 Å². The van der Waals surface area contributed by atoms with Crippen LogP contribution in [-0.2, 0) is 0 Å². The van der Waals surface area contributed by atoms with E-state index in [1.165, 1.54) is 0 Å². The molecular weight excluding hydrogens is 352 g/mol. The quantitative estimate of drug-likeness (QED) is 0.603. The molecule has 0 aliphatic carbocycles. The lowest BCUT2D eigenvalue weighted by Gasteiger charge is -2.12. The lowest BCUT2D eigenvalue weighted by molar-refractivity contribution is 0.102. The number of carbonyl (C=O) groups is 1. The summed E-state index contributed by atoms with van der Waals surface area (Å²) in [6, 6.07) is 16.7. The van der Waals surface area contributed by atoms with Gasteiger partial charge in [-0.05, 0) is 24.6 Å². The summed E-state index contributed by atoms with van der Waals surface area (Å²) >= 11 is 0. The van der Waals surface area contributed by atoms with E-state index in [2.05, 4.69) is 27.2 Å². The molecule has 0 atom stereocenters. The second-order valence-corrected chi connectivity index (χ2v) is 6.16. The highest BCUT2D eigenvalue weighted by Gasteiger charge is 2.15. The molecule has 2 aromatic carbocycles. The first-order chi connectivity index (χ1) is 13.6. The molecule has 0 fully saturated rings. The molecule has 142 valence electrons. The maximum absolute atomic E-state index is 12.9. The number of anilines is 2. The number of methoxy groups -OCH3 is 1. The molecule has 0 aliphatic heterocycles. The van der Waals surface area contributed by atoms with Crippen LogP contribution in [-0.4, -0.2) is 29.5 Å². The van der Waals surface area contributed by atoms with E-state index in [1.54, 1.807) is 19.3 Å². The Bertz CT molecular complexity index is 987. The largest absolute Gasteiger partial charge is 0.495 e. The summed E-state index contributed by atoms with van der Waals surface area (Å²) < 4.78 is 5.34. The number of aromatic nitrogens is 2. The number of rotatable bonds is 7. The van der Waals surface area contributed by atoms with Crippen molar-refractivity contribution in [3.8, 4) is 17.1 Å². The fourth-order valence-corrected chi connectivity index (χ4v) is 2.65. The zero-order chi connectivity index (χ0) is 19.9. The first-order valence-corrected chi connectivity index (χ1v) is 8.86. The van der Waals surface area contributed by atoms with E-state index < -0.39 is 0 Å². The van der Waals surface area contributed by atoms with E-state index in [4.69, 9.17) is 4.74 Å². The maximum atomic E-state index is 12.9. The highest BCUT2D eigenvalue weighted by Crippen LogP contribution is 2.26. The lowest BCUT2D eigenvalue weighted by atomic mass is 10.2. The molecule has 6 nitrogen and oxygen atoms in total. The second kappa shape index (κ2) is 8.81. The Kier molecular flexibility index (Phi) is 6.01. The van der Waals surface area contributed by atoms with Crippen molar-refractivity contribution in [2.45, 2.75) is 6.92 Å². The van der Waals surface area contributed by atoms with Crippen molar-refractivity contribution in [3.63, 3.8) is 0 Å². The van der Waals surface area contributed by atoms with Crippen molar-refractivity contribution in [3.05, 3.63) is 78.5 Å². The molecule has 3 rings (SSSR count). The molecule has 0 bridgehead atoms. The minimum absolute atomic E-state index is 0.254. The van der Waals surface area contributed by atoms with Crippen LogP contribution in [0.25, 0.3) is 11.4 Å². The zero-order valence-electron chi connectivity index (χ0n) is 15.9. The van der Waals surface area contributed by atoms with Crippen molar-refractivity contribution in [2.24, 2.45) is 0 Å². The van der Waals surface area contributed by atoms with Crippen LogP contribution < -0.4 is 15.4 Å². The van der Waals surface area contributed by atoms with Gasteiger partial charge in [-0.15, -0.1) is 6.58 Å². The van der Waals surface area contributed by atoms with Crippen LogP contribution >= 0.6 is 0 Å². The van der Waals surface area contributed by atoms with Crippen LogP contribution in [0.4, 0.5) is 11.5 Å². The fraction of sp³-hybridized carbons (Fsp3) is 0.136. The van der Waals surface area contributed by atoms with E-state index in [-0.39, 0.29) is 11.6 Å². The van der Waals surface area contributed by atoms with Crippen LogP contribution in [0.2, 0.25) is 0 Å².